The van der Waals surface area contributed by atoms with Crippen LogP contribution in [0.4, 0.5) is 5.69 Å². The Balaban J connectivity index is 1.95. The molecule has 1 aliphatic rings. The maximum atomic E-state index is 6.25. The van der Waals surface area contributed by atoms with Crippen molar-refractivity contribution in [2.45, 2.75) is 46.6 Å². The summed E-state index contributed by atoms with van der Waals surface area (Å²) < 4.78 is 6.25. The maximum absolute atomic E-state index is 6.25. The van der Waals surface area contributed by atoms with E-state index >= 15 is 0 Å². The smallest absolute Gasteiger partial charge is 0.227 e. The normalized spacial score (nSPS) is 20.6. The SMILES string of the molecule is CCc1ccc2c(n1)oc1c(N3C=CC(CC)[C@@H]3C)c(C)ccc12. The highest BCUT2D eigenvalue weighted by Crippen LogP contribution is 2.40. The van der Waals surface area contributed by atoms with E-state index in [1.54, 1.807) is 0 Å². The second kappa shape index (κ2) is 5.66. The molecule has 0 N–H and O–H groups in total. The van der Waals surface area contributed by atoms with Gasteiger partial charge in [0, 0.05) is 28.7 Å². The second-order valence-electron chi connectivity index (χ2n) is 6.78. The Bertz CT molecular complexity index is 938. The van der Waals surface area contributed by atoms with Gasteiger partial charge in [-0.1, -0.05) is 32.1 Å². The number of pyridine rings is 1. The average Bonchev–Trinajstić information content (AvgIpc) is 3.14. The minimum Gasteiger partial charge on any atom is -0.435 e. The van der Waals surface area contributed by atoms with Crippen molar-refractivity contribution in [3.8, 4) is 0 Å². The molecule has 24 heavy (non-hydrogen) atoms. The summed E-state index contributed by atoms with van der Waals surface area (Å²) in [5.41, 5.74) is 5.20. The molecule has 1 aliphatic heterocycles. The van der Waals surface area contributed by atoms with E-state index in [-0.39, 0.29) is 0 Å². The van der Waals surface area contributed by atoms with Crippen molar-refractivity contribution in [1.29, 1.82) is 0 Å². The van der Waals surface area contributed by atoms with Crippen LogP contribution in [0.1, 0.15) is 38.4 Å². The van der Waals surface area contributed by atoms with Gasteiger partial charge in [0.1, 0.15) is 0 Å². The molecule has 0 fully saturated rings. The molecule has 0 saturated carbocycles. The largest absolute Gasteiger partial charge is 0.435 e. The Morgan fingerprint density at radius 1 is 1.12 bits per heavy atom. The molecule has 0 radical (unpaired) electrons. The summed E-state index contributed by atoms with van der Waals surface area (Å²) in [7, 11) is 0. The van der Waals surface area contributed by atoms with Gasteiger partial charge in [0.15, 0.2) is 5.58 Å². The molecule has 3 aromatic rings. The molecule has 1 unspecified atom stereocenters. The molecule has 0 aliphatic carbocycles. The monoisotopic (exact) mass is 320 g/mol. The number of fused-ring (bicyclic) bond motifs is 3. The van der Waals surface area contributed by atoms with Gasteiger partial charge in [-0.25, -0.2) is 4.98 Å². The van der Waals surface area contributed by atoms with E-state index in [1.807, 2.05) is 0 Å². The van der Waals surface area contributed by atoms with Crippen molar-refractivity contribution < 1.29 is 4.42 Å². The molecule has 0 saturated heterocycles. The Morgan fingerprint density at radius 2 is 1.92 bits per heavy atom. The summed E-state index contributed by atoms with van der Waals surface area (Å²) in [6, 6.07) is 9.05. The third-order valence-corrected chi connectivity index (χ3v) is 5.38. The zero-order chi connectivity index (χ0) is 16.8. The molecule has 2 atom stereocenters. The summed E-state index contributed by atoms with van der Waals surface area (Å²) in [5, 5.41) is 2.26. The first-order valence-corrected chi connectivity index (χ1v) is 8.92. The molecular weight excluding hydrogens is 296 g/mol. The van der Waals surface area contributed by atoms with Crippen molar-refractivity contribution in [3.63, 3.8) is 0 Å². The number of anilines is 1. The molecule has 0 amide bonds. The molecular formula is C21H24N2O. The van der Waals surface area contributed by atoms with E-state index in [0.717, 1.165) is 40.6 Å². The van der Waals surface area contributed by atoms with Crippen molar-refractivity contribution in [3.05, 3.63) is 47.8 Å². The molecule has 4 rings (SSSR count). The van der Waals surface area contributed by atoms with E-state index < -0.39 is 0 Å². The standard InChI is InChI=1S/C21H24N2O/c1-5-15-11-12-23(14(15)4)19-13(3)7-9-17-18-10-8-16(6-2)22-21(18)24-20(17)19/h7-12,14-15H,5-6H2,1-4H3/t14-,15?/m0/s1. The lowest BCUT2D eigenvalue weighted by atomic mass is 9.99. The van der Waals surface area contributed by atoms with Crippen LogP contribution >= 0.6 is 0 Å². The molecule has 0 spiro atoms. The van der Waals surface area contributed by atoms with Crippen molar-refractivity contribution >= 4 is 27.8 Å². The van der Waals surface area contributed by atoms with Crippen molar-refractivity contribution in [2.75, 3.05) is 4.90 Å². The van der Waals surface area contributed by atoms with Gasteiger partial charge >= 0.3 is 0 Å². The number of aromatic nitrogens is 1. The summed E-state index contributed by atoms with van der Waals surface area (Å²) in [4.78, 5) is 7.05. The summed E-state index contributed by atoms with van der Waals surface area (Å²) in [5.74, 6) is 0.592. The number of furan rings is 1. The summed E-state index contributed by atoms with van der Waals surface area (Å²) >= 11 is 0. The topological polar surface area (TPSA) is 29.3 Å². The molecule has 3 nitrogen and oxygen atoms in total. The fourth-order valence-electron chi connectivity index (χ4n) is 3.82. The minimum atomic E-state index is 0.451. The van der Waals surface area contributed by atoms with Crippen LogP contribution in [0, 0.1) is 12.8 Å². The highest BCUT2D eigenvalue weighted by atomic mass is 16.3. The van der Waals surface area contributed by atoms with Crippen LogP contribution in [0.2, 0.25) is 0 Å². The molecule has 2 aromatic heterocycles. The fourth-order valence-corrected chi connectivity index (χ4v) is 3.82. The van der Waals surface area contributed by atoms with E-state index in [0.29, 0.717) is 12.0 Å². The van der Waals surface area contributed by atoms with E-state index in [9.17, 15) is 0 Å². The second-order valence-corrected chi connectivity index (χ2v) is 6.78. The van der Waals surface area contributed by atoms with Crippen LogP contribution in [0.25, 0.3) is 22.1 Å². The predicted molar refractivity (Wildman–Crippen MR) is 100 cm³/mol. The lowest BCUT2D eigenvalue weighted by Crippen LogP contribution is -2.29. The highest BCUT2D eigenvalue weighted by molar-refractivity contribution is 6.08. The van der Waals surface area contributed by atoms with Gasteiger partial charge < -0.3 is 9.32 Å². The van der Waals surface area contributed by atoms with Crippen LogP contribution in [0.3, 0.4) is 0 Å². The third kappa shape index (κ3) is 2.15. The van der Waals surface area contributed by atoms with Crippen molar-refractivity contribution in [1.82, 2.24) is 4.98 Å². The summed E-state index contributed by atoms with van der Waals surface area (Å²) in [6.45, 7) is 8.82. The van der Waals surface area contributed by atoms with Gasteiger partial charge in [-0.15, -0.1) is 0 Å². The zero-order valence-corrected chi connectivity index (χ0v) is 14.8. The highest BCUT2D eigenvalue weighted by Gasteiger charge is 2.28. The number of benzene rings is 1. The van der Waals surface area contributed by atoms with E-state index in [1.165, 1.54) is 11.3 Å². The Hall–Kier alpha value is -2.29. The van der Waals surface area contributed by atoms with E-state index in [4.69, 9.17) is 4.42 Å². The van der Waals surface area contributed by atoms with Gasteiger partial charge in [-0.3, -0.25) is 0 Å². The van der Waals surface area contributed by atoms with Gasteiger partial charge in [-0.2, -0.15) is 0 Å². The number of hydrogen-bond acceptors (Lipinski definition) is 3. The van der Waals surface area contributed by atoms with E-state index in [2.05, 4.69) is 74.1 Å². The molecule has 124 valence electrons. The maximum Gasteiger partial charge on any atom is 0.227 e. The number of nitrogens with zero attached hydrogens (tertiary/aromatic N) is 2. The lowest BCUT2D eigenvalue weighted by Gasteiger charge is -2.27. The third-order valence-electron chi connectivity index (χ3n) is 5.38. The molecule has 3 heteroatoms. The molecule has 3 heterocycles. The van der Waals surface area contributed by atoms with Crippen LogP contribution < -0.4 is 4.90 Å². The first-order valence-electron chi connectivity index (χ1n) is 8.92. The average molecular weight is 320 g/mol. The predicted octanol–water partition coefficient (Wildman–Crippen LogP) is 5.60. The Morgan fingerprint density at radius 3 is 2.62 bits per heavy atom. The Labute approximate surface area is 143 Å². The van der Waals surface area contributed by atoms with Gasteiger partial charge in [0.05, 0.1) is 5.69 Å². The summed E-state index contributed by atoms with van der Waals surface area (Å²) in [6.07, 6.45) is 6.62. The van der Waals surface area contributed by atoms with Crippen LogP contribution in [0.15, 0.2) is 41.0 Å². The van der Waals surface area contributed by atoms with Crippen LogP contribution in [-0.2, 0) is 6.42 Å². The number of aryl methyl sites for hydroxylation is 2. The van der Waals surface area contributed by atoms with Crippen LogP contribution in [0.5, 0.6) is 0 Å². The van der Waals surface area contributed by atoms with Crippen molar-refractivity contribution in [2.24, 2.45) is 5.92 Å². The minimum absolute atomic E-state index is 0.451. The Kier molecular flexibility index (Phi) is 3.60. The van der Waals surface area contributed by atoms with Crippen LogP contribution in [-0.4, -0.2) is 11.0 Å². The van der Waals surface area contributed by atoms with Gasteiger partial charge in [0.2, 0.25) is 5.71 Å². The lowest BCUT2D eigenvalue weighted by molar-refractivity contribution is 0.537. The van der Waals surface area contributed by atoms with Gasteiger partial charge in [0.25, 0.3) is 0 Å². The van der Waals surface area contributed by atoms with Gasteiger partial charge in [-0.05, 0) is 50.3 Å². The first kappa shape index (κ1) is 15.3. The fraction of sp³-hybridized carbons (Fsp3) is 0.381. The first-order chi connectivity index (χ1) is 11.6. The number of hydrogen-bond donors (Lipinski definition) is 0. The zero-order valence-electron chi connectivity index (χ0n) is 14.8. The molecule has 1 aromatic carbocycles. The molecule has 0 bridgehead atoms. The number of rotatable bonds is 3. The quantitative estimate of drug-likeness (QED) is 0.629.